The predicted molar refractivity (Wildman–Crippen MR) is 135 cm³/mol. The summed E-state index contributed by atoms with van der Waals surface area (Å²) in [6.45, 7) is 1.87. The predicted octanol–water partition coefficient (Wildman–Crippen LogP) is 3.80. The highest BCUT2D eigenvalue weighted by Crippen LogP contribution is 2.31. The first-order valence-electron chi connectivity index (χ1n) is 11.5. The number of hydrogen-bond donors (Lipinski definition) is 0. The van der Waals surface area contributed by atoms with Gasteiger partial charge in [-0.3, -0.25) is 14.4 Å². The molecule has 2 aromatic carbocycles. The van der Waals surface area contributed by atoms with Gasteiger partial charge < -0.3 is 4.90 Å². The molecular weight excluding hydrogens is 503 g/mol. The number of amides is 2. The van der Waals surface area contributed by atoms with E-state index in [1.807, 2.05) is 12.1 Å². The number of anilines is 2. The summed E-state index contributed by atoms with van der Waals surface area (Å²) in [4.78, 5) is 41.5. The summed E-state index contributed by atoms with van der Waals surface area (Å²) >= 11 is 1.03. The van der Waals surface area contributed by atoms with Crippen LogP contribution in [0.5, 0.6) is 0 Å². The Kier molecular flexibility index (Phi) is 6.48. The van der Waals surface area contributed by atoms with Crippen molar-refractivity contribution in [2.24, 2.45) is 0 Å². The van der Waals surface area contributed by atoms with E-state index in [1.54, 1.807) is 17.5 Å². The summed E-state index contributed by atoms with van der Waals surface area (Å²) in [5, 5.41) is 1.61. The summed E-state index contributed by atoms with van der Waals surface area (Å²) in [6.07, 6.45) is 1.90. The molecule has 186 valence electrons. The number of Topliss-reactive ketones (excluding diaryl/α,β-unsaturated/α-hetero) is 1. The second-order valence-electron chi connectivity index (χ2n) is 8.94. The van der Waals surface area contributed by atoms with Crippen molar-refractivity contribution in [3.63, 3.8) is 0 Å². The molecule has 0 N–H and O–H groups in total. The number of imide groups is 1. The quantitative estimate of drug-likeness (QED) is 0.435. The zero-order valence-corrected chi connectivity index (χ0v) is 20.9. The Hall–Kier alpha value is -3.37. The minimum Gasteiger partial charge on any atom is -0.372 e. The number of hydrogen-bond acceptors (Lipinski definition) is 7. The molecule has 36 heavy (non-hydrogen) atoms. The Labute approximate surface area is 212 Å². The van der Waals surface area contributed by atoms with Gasteiger partial charge in [0.15, 0.2) is 15.6 Å². The van der Waals surface area contributed by atoms with E-state index in [1.165, 1.54) is 18.2 Å². The maximum absolute atomic E-state index is 15.1. The third-order valence-electron chi connectivity index (χ3n) is 6.39. The highest BCUT2D eigenvalue weighted by molar-refractivity contribution is 7.94. The van der Waals surface area contributed by atoms with Crippen LogP contribution in [0, 0.1) is 5.82 Å². The third kappa shape index (κ3) is 4.70. The van der Waals surface area contributed by atoms with Crippen molar-refractivity contribution in [1.82, 2.24) is 0 Å². The lowest BCUT2D eigenvalue weighted by Gasteiger charge is -2.28. The van der Waals surface area contributed by atoms with Crippen LogP contribution in [-0.2, 0) is 32.3 Å². The lowest BCUT2D eigenvalue weighted by atomic mass is 9.96. The highest BCUT2D eigenvalue weighted by atomic mass is 32.2. The van der Waals surface area contributed by atoms with Crippen molar-refractivity contribution in [2.75, 3.05) is 28.6 Å². The average molecular weight is 527 g/mol. The number of fused-ring (bicyclic) bond motifs is 1. The lowest BCUT2D eigenvalue weighted by molar-refractivity contribution is -0.118. The number of sulfone groups is 1. The van der Waals surface area contributed by atoms with Crippen molar-refractivity contribution in [2.45, 2.75) is 29.9 Å². The van der Waals surface area contributed by atoms with Crippen molar-refractivity contribution in [1.29, 1.82) is 0 Å². The fourth-order valence-electron chi connectivity index (χ4n) is 4.67. The average Bonchev–Trinajstić information content (AvgIpc) is 3.55. The molecular formula is C26H23FN2O5S2. The first kappa shape index (κ1) is 24.3. The van der Waals surface area contributed by atoms with Crippen molar-refractivity contribution in [3.05, 3.63) is 76.4 Å². The molecule has 0 atom stereocenters. The van der Waals surface area contributed by atoms with Crippen molar-refractivity contribution in [3.8, 4) is 0 Å². The van der Waals surface area contributed by atoms with Gasteiger partial charge in [-0.25, -0.2) is 17.7 Å². The highest BCUT2D eigenvalue weighted by Gasteiger charge is 2.34. The van der Waals surface area contributed by atoms with Gasteiger partial charge in [-0.15, -0.1) is 11.3 Å². The van der Waals surface area contributed by atoms with Gasteiger partial charge in [-0.05, 0) is 65.7 Å². The first-order chi connectivity index (χ1) is 17.2. The molecule has 5 rings (SSSR count). The molecule has 0 spiro atoms. The SMILES string of the molecule is O=C(Cc1ccc(N2C(=O)Cc3cc(N4CCCC4)ccc3C2=O)c(F)c1)CS(=O)(=O)c1cccs1. The molecule has 7 nitrogen and oxygen atoms in total. The van der Waals surface area contributed by atoms with E-state index in [2.05, 4.69) is 4.90 Å². The molecule has 3 aromatic rings. The number of nitrogens with zero attached hydrogens (tertiary/aromatic N) is 2. The van der Waals surface area contributed by atoms with E-state index in [0.717, 1.165) is 53.9 Å². The second-order valence-corrected chi connectivity index (χ2v) is 12.1. The molecule has 0 radical (unpaired) electrons. The molecule has 1 aromatic heterocycles. The zero-order valence-electron chi connectivity index (χ0n) is 19.3. The van der Waals surface area contributed by atoms with Crippen LogP contribution in [0.4, 0.5) is 15.8 Å². The molecule has 0 aliphatic carbocycles. The van der Waals surface area contributed by atoms with Gasteiger partial charge in [0, 0.05) is 30.8 Å². The van der Waals surface area contributed by atoms with Crippen LogP contribution < -0.4 is 9.80 Å². The number of thiophene rings is 1. The molecule has 2 aliphatic heterocycles. The van der Waals surface area contributed by atoms with Gasteiger partial charge in [-0.1, -0.05) is 12.1 Å². The van der Waals surface area contributed by atoms with Crippen LogP contribution in [0.3, 0.4) is 0 Å². The van der Waals surface area contributed by atoms with Crippen LogP contribution in [0.25, 0.3) is 0 Å². The van der Waals surface area contributed by atoms with E-state index in [4.69, 9.17) is 0 Å². The summed E-state index contributed by atoms with van der Waals surface area (Å²) in [5.41, 5.74) is 2.02. The van der Waals surface area contributed by atoms with Crippen LogP contribution in [0.1, 0.15) is 34.3 Å². The van der Waals surface area contributed by atoms with Crippen LogP contribution in [-0.4, -0.2) is 44.9 Å². The lowest BCUT2D eigenvalue weighted by Crippen LogP contribution is -2.43. The van der Waals surface area contributed by atoms with E-state index in [-0.39, 0.29) is 28.3 Å². The fraction of sp³-hybridized carbons (Fsp3) is 0.269. The van der Waals surface area contributed by atoms with Crippen molar-refractivity contribution < 1.29 is 27.2 Å². The van der Waals surface area contributed by atoms with Gasteiger partial charge >= 0.3 is 0 Å². The molecule has 10 heteroatoms. The van der Waals surface area contributed by atoms with Gasteiger partial charge in [0.1, 0.15) is 15.8 Å². The molecule has 3 heterocycles. The normalized spacial score (nSPS) is 15.9. The Balaban J connectivity index is 1.33. The number of carbonyl (C=O) groups excluding carboxylic acids is 3. The van der Waals surface area contributed by atoms with Crippen molar-refractivity contribution >= 4 is 50.1 Å². The molecule has 1 saturated heterocycles. The summed E-state index contributed by atoms with van der Waals surface area (Å²) < 4.78 is 39.8. The molecule has 2 aliphatic rings. The van der Waals surface area contributed by atoms with E-state index < -0.39 is 39.0 Å². The Bertz CT molecular complexity index is 1460. The number of ketones is 1. The van der Waals surface area contributed by atoms with Gasteiger partial charge in [0.05, 0.1) is 12.1 Å². The monoisotopic (exact) mass is 526 g/mol. The standard InChI is InChI=1S/C26H23FN2O5S2/c27-22-13-17(12-20(30)16-36(33,34)25-4-3-11-35-25)5-8-23(22)29-24(31)15-18-14-19(28-9-1-2-10-28)6-7-21(18)26(29)32/h3-8,11,13-14H,1-2,9-10,12,15-16H2. The minimum absolute atomic E-state index is 0.0248. The van der Waals surface area contributed by atoms with E-state index in [9.17, 15) is 22.8 Å². The van der Waals surface area contributed by atoms with Crippen LogP contribution >= 0.6 is 11.3 Å². The topological polar surface area (TPSA) is 91.8 Å². The number of halogens is 1. The summed E-state index contributed by atoms with van der Waals surface area (Å²) in [7, 11) is -3.75. The maximum atomic E-state index is 15.1. The number of rotatable bonds is 7. The molecule has 0 saturated carbocycles. The second kappa shape index (κ2) is 9.59. The summed E-state index contributed by atoms with van der Waals surface area (Å²) in [5.74, 6) is -3.23. The largest absolute Gasteiger partial charge is 0.372 e. The number of benzene rings is 2. The van der Waals surface area contributed by atoms with Gasteiger partial charge in [-0.2, -0.15) is 0 Å². The van der Waals surface area contributed by atoms with Crippen LogP contribution in [0.15, 0.2) is 58.1 Å². The Morgan fingerprint density at radius 3 is 2.50 bits per heavy atom. The van der Waals surface area contributed by atoms with Gasteiger partial charge in [0.2, 0.25) is 5.91 Å². The first-order valence-corrected chi connectivity index (χ1v) is 14.1. The molecule has 0 unspecified atom stereocenters. The smallest absolute Gasteiger partial charge is 0.265 e. The molecule has 1 fully saturated rings. The van der Waals surface area contributed by atoms with Gasteiger partial charge in [0.25, 0.3) is 5.91 Å². The van der Waals surface area contributed by atoms with E-state index >= 15 is 4.39 Å². The molecule has 0 bridgehead atoms. The van der Waals surface area contributed by atoms with Crippen LogP contribution in [0.2, 0.25) is 0 Å². The zero-order chi connectivity index (χ0) is 25.4. The maximum Gasteiger partial charge on any atom is 0.265 e. The summed E-state index contributed by atoms with van der Waals surface area (Å²) in [6, 6.07) is 12.2. The third-order valence-corrected chi connectivity index (χ3v) is 9.55. The Morgan fingerprint density at radius 1 is 1.03 bits per heavy atom. The fourth-order valence-corrected chi connectivity index (χ4v) is 7.00. The molecule has 2 amide bonds. The minimum atomic E-state index is -3.75. The Morgan fingerprint density at radius 2 is 1.81 bits per heavy atom. The van der Waals surface area contributed by atoms with E-state index in [0.29, 0.717) is 11.1 Å². The number of carbonyl (C=O) groups is 3.